The molecule has 2 N–H and O–H groups in total. The van der Waals surface area contributed by atoms with E-state index in [9.17, 15) is 4.79 Å². The van der Waals surface area contributed by atoms with E-state index in [4.69, 9.17) is 0 Å². The summed E-state index contributed by atoms with van der Waals surface area (Å²) in [5.74, 6) is 0.163. The van der Waals surface area contributed by atoms with Crippen LogP contribution in [0.3, 0.4) is 0 Å². The van der Waals surface area contributed by atoms with Gasteiger partial charge in [0.05, 0.1) is 17.6 Å². The van der Waals surface area contributed by atoms with Gasteiger partial charge in [-0.2, -0.15) is 5.10 Å². The molecular formula is C14H16N6O. The molecule has 2 heterocycles. The lowest BCUT2D eigenvalue weighted by Crippen LogP contribution is -2.16. The van der Waals surface area contributed by atoms with E-state index in [1.54, 1.807) is 11.0 Å². The summed E-state index contributed by atoms with van der Waals surface area (Å²) in [4.78, 5) is 16.1. The Bertz CT molecular complexity index is 760. The Hall–Kier alpha value is -2.70. The molecule has 7 heteroatoms. The van der Waals surface area contributed by atoms with Gasteiger partial charge in [0.1, 0.15) is 6.33 Å². The average molecular weight is 284 g/mol. The van der Waals surface area contributed by atoms with Gasteiger partial charge in [-0.3, -0.25) is 19.9 Å². The monoisotopic (exact) mass is 284 g/mol. The number of para-hydroxylation sites is 1. The summed E-state index contributed by atoms with van der Waals surface area (Å²) >= 11 is 0. The first kappa shape index (κ1) is 13.3. The molecule has 0 unspecified atom stereocenters. The zero-order valence-electron chi connectivity index (χ0n) is 11.7. The molecule has 0 saturated heterocycles. The Morgan fingerprint density at radius 2 is 2.24 bits per heavy atom. The second kappa shape index (κ2) is 5.74. The SMILES string of the molecule is CCCn1cnc(NC(=O)Cc2[nH]nc3ccccc23)n1. The molecule has 3 rings (SSSR count). The standard InChI is InChI=1S/C14H16N6O/c1-2-7-20-9-15-14(19-20)16-13(21)8-12-10-5-3-4-6-11(10)17-18-12/h3-6,9H,2,7-8H2,1H3,(H,17,18)(H,16,19,21). The van der Waals surface area contributed by atoms with Crippen molar-refractivity contribution in [2.24, 2.45) is 0 Å². The van der Waals surface area contributed by atoms with Gasteiger partial charge >= 0.3 is 0 Å². The number of hydrogen-bond acceptors (Lipinski definition) is 4. The Labute approximate surface area is 121 Å². The fraction of sp³-hybridized carbons (Fsp3) is 0.286. The van der Waals surface area contributed by atoms with Crippen LogP contribution in [0.5, 0.6) is 0 Å². The lowest BCUT2D eigenvalue weighted by molar-refractivity contribution is -0.115. The molecule has 0 aliphatic rings. The Balaban J connectivity index is 1.68. The number of rotatable bonds is 5. The minimum absolute atomic E-state index is 0.168. The van der Waals surface area contributed by atoms with Crippen LogP contribution in [0.2, 0.25) is 0 Å². The highest BCUT2D eigenvalue weighted by Crippen LogP contribution is 2.15. The van der Waals surface area contributed by atoms with Crippen molar-refractivity contribution in [3.8, 4) is 0 Å². The third kappa shape index (κ3) is 2.91. The summed E-state index contributed by atoms with van der Waals surface area (Å²) < 4.78 is 1.71. The average Bonchev–Trinajstić information content (AvgIpc) is 3.07. The van der Waals surface area contributed by atoms with E-state index in [1.165, 1.54) is 0 Å². The van der Waals surface area contributed by atoms with Crippen LogP contribution in [0.25, 0.3) is 10.9 Å². The molecule has 0 radical (unpaired) electrons. The summed E-state index contributed by atoms with van der Waals surface area (Å²) in [6.45, 7) is 2.84. The predicted octanol–water partition coefficient (Wildman–Crippen LogP) is 1.75. The lowest BCUT2D eigenvalue weighted by atomic mass is 10.1. The molecule has 0 atom stereocenters. The largest absolute Gasteiger partial charge is 0.293 e. The van der Waals surface area contributed by atoms with Gasteiger partial charge in [-0.25, -0.2) is 4.98 Å². The predicted molar refractivity (Wildman–Crippen MR) is 78.7 cm³/mol. The number of nitrogens with one attached hydrogen (secondary N) is 2. The molecule has 21 heavy (non-hydrogen) atoms. The number of aromatic nitrogens is 5. The minimum atomic E-state index is -0.168. The highest BCUT2D eigenvalue weighted by Gasteiger charge is 2.11. The molecule has 1 aromatic carbocycles. The van der Waals surface area contributed by atoms with Crippen LogP contribution in [-0.2, 0) is 17.8 Å². The molecule has 3 aromatic rings. The molecule has 2 aromatic heterocycles. The van der Waals surface area contributed by atoms with Crippen molar-refractivity contribution in [1.29, 1.82) is 0 Å². The highest BCUT2D eigenvalue weighted by molar-refractivity contribution is 5.93. The van der Waals surface area contributed by atoms with Crippen LogP contribution in [0.15, 0.2) is 30.6 Å². The van der Waals surface area contributed by atoms with E-state index in [0.717, 1.165) is 29.6 Å². The molecule has 0 aliphatic carbocycles. The van der Waals surface area contributed by atoms with Crippen LogP contribution in [0.1, 0.15) is 19.0 Å². The van der Waals surface area contributed by atoms with E-state index in [2.05, 4.69) is 32.5 Å². The summed E-state index contributed by atoms with van der Waals surface area (Å²) in [5, 5.41) is 14.9. The summed E-state index contributed by atoms with van der Waals surface area (Å²) in [5.41, 5.74) is 1.64. The number of carbonyl (C=O) groups is 1. The topological polar surface area (TPSA) is 88.5 Å². The summed E-state index contributed by atoms with van der Waals surface area (Å²) in [6, 6.07) is 7.68. The number of aromatic amines is 1. The zero-order chi connectivity index (χ0) is 14.7. The normalized spacial score (nSPS) is 10.9. The summed E-state index contributed by atoms with van der Waals surface area (Å²) in [6.07, 6.45) is 2.80. The van der Waals surface area contributed by atoms with Crippen LogP contribution in [0, 0.1) is 0 Å². The minimum Gasteiger partial charge on any atom is -0.293 e. The molecule has 0 bridgehead atoms. The quantitative estimate of drug-likeness (QED) is 0.747. The second-order valence-electron chi connectivity index (χ2n) is 4.78. The maximum absolute atomic E-state index is 12.0. The number of hydrogen-bond donors (Lipinski definition) is 2. The van der Waals surface area contributed by atoms with Gasteiger partial charge in [-0.15, -0.1) is 5.10 Å². The van der Waals surface area contributed by atoms with E-state index in [0.29, 0.717) is 5.95 Å². The lowest BCUT2D eigenvalue weighted by Gasteiger charge is -2.00. The van der Waals surface area contributed by atoms with Gasteiger partial charge in [0, 0.05) is 11.9 Å². The van der Waals surface area contributed by atoms with Crippen molar-refractivity contribution in [3.05, 3.63) is 36.3 Å². The number of fused-ring (bicyclic) bond motifs is 1. The van der Waals surface area contributed by atoms with Gasteiger partial charge < -0.3 is 0 Å². The van der Waals surface area contributed by atoms with Crippen LogP contribution in [-0.4, -0.2) is 30.9 Å². The molecule has 0 saturated carbocycles. The van der Waals surface area contributed by atoms with E-state index >= 15 is 0 Å². The summed E-state index contributed by atoms with van der Waals surface area (Å²) in [7, 11) is 0. The zero-order valence-corrected chi connectivity index (χ0v) is 11.7. The fourth-order valence-electron chi connectivity index (χ4n) is 2.17. The number of H-pyrrole nitrogens is 1. The Kier molecular flexibility index (Phi) is 3.63. The number of amides is 1. The molecule has 0 fully saturated rings. The van der Waals surface area contributed by atoms with Gasteiger partial charge in [0.25, 0.3) is 0 Å². The smallest absolute Gasteiger partial charge is 0.248 e. The van der Waals surface area contributed by atoms with Crippen LogP contribution in [0.4, 0.5) is 5.95 Å². The van der Waals surface area contributed by atoms with Gasteiger partial charge in [-0.1, -0.05) is 25.1 Å². The number of aryl methyl sites for hydroxylation is 1. The number of nitrogens with zero attached hydrogens (tertiary/aromatic N) is 4. The van der Waals surface area contributed by atoms with Crippen molar-refractivity contribution >= 4 is 22.8 Å². The third-order valence-corrected chi connectivity index (χ3v) is 3.12. The Morgan fingerprint density at radius 1 is 1.38 bits per heavy atom. The highest BCUT2D eigenvalue weighted by atomic mass is 16.1. The van der Waals surface area contributed by atoms with Crippen molar-refractivity contribution in [2.75, 3.05) is 5.32 Å². The van der Waals surface area contributed by atoms with E-state index in [1.807, 2.05) is 24.3 Å². The fourth-order valence-corrected chi connectivity index (χ4v) is 2.17. The number of anilines is 1. The van der Waals surface area contributed by atoms with Crippen molar-refractivity contribution in [2.45, 2.75) is 26.3 Å². The van der Waals surface area contributed by atoms with Crippen molar-refractivity contribution in [1.82, 2.24) is 25.0 Å². The molecule has 108 valence electrons. The molecule has 0 aliphatic heterocycles. The molecule has 0 spiro atoms. The second-order valence-corrected chi connectivity index (χ2v) is 4.78. The van der Waals surface area contributed by atoms with E-state index in [-0.39, 0.29) is 12.3 Å². The first-order chi connectivity index (χ1) is 10.3. The first-order valence-corrected chi connectivity index (χ1v) is 6.87. The third-order valence-electron chi connectivity index (χ3n) is 3.12. The first-order valence-electron chi connectivity index (χ1n) is 6.87. The van der Waals surface area contributed by atoms with Crippen LogP contribution >= 0.6 is 0 Å². The van der Waals surface area contributed by atoms with Crippen molar-refractivity contribution < 1.29 is 4.79 Å². The number of benzene rings is 1. The Morgan fingerprint density at radius 3 is 3.10 bits per heavy atom. The van der Waals surface area contributed by atoms with Gasteiger partial charge in [-0.05, 0) is 12.5 Å². The number of carbonyl (C=O) groups excluding carboxylic acids is 1. The molecule has 1 amide bonds. The van der Waals surface area contributed by atoms with Crippen molar-refractivity contribution in [3.63, 3.8) is 0 Å². The van der Waals surface area contributed by atoms with Gasteiger partial charge in [0.15, 0.2) is 0 Å². The molecule has 7 nitrogen and oxygen atoms in total. The molecular weight excluding hydrogens is 268 g/mol. The van der Waals surface area contributed by atoms with E-state index < -0.39 is 0 Å². The van der Waals surface area contributed by atoms with Crippen LogP contribution < -0.4 is 5.32 Å². The maximum Gasteiger partial charge on any atom is 0.248 e. The maximum atomic E-state index is 12.0. The van der Waals surface area contributed by atoms with Gasteiger partial charge in [0.2, 0.25) is 11.9 Å².